The van der Waals surface area contributed by atoms with E-state index in [-0.39, 0.29) is 0 Å². The molecular formula is C13H17F2O. The van der Waals surface area contributed by atoms with Crippen molar-refractivity contribution in [2.45, 2.75) is 33.1 Å². The molecule has 0 bridgehead atoms. The van der Waals surface area contributed by atoms with Gasteiger partial charge in [0.1, 0.15) is 12.4 Å². The molecule has 0 aromatic heterocycles. The van der Waals surface area contributed by atoms with Crippen LogP contribution in [0, 0.1) is 20.8 Å². The Hall–Kier alpha value is -1.12. The molecular weight excluding hydrogens is 210 g/mol. The summed E-state index contributed by atoms with van der Waals surface area (Å²) in [6.45, 7) is 7.00. The van der Waals surface area contributed by atoms with Crippen LogP contribution in [0.1, 0.15) is 23.1 Å². The molecule has 1 radical (unpaired) electrons. The molecule has 1 nitrogen and oxygen atoms in total. The zero-order valence-electron chi connectivity index (χ0n) is 9.72. The maximum Gasteiger partial charge on any atom is 0.272 e. The zero-order valence-corrected chi connectivity index (χ0v) is 9.72. The molecule has 1 aromatic carbocycles. The second-order valence-corrected chi connectivity index (χ2v) is 3.86. The lowest BCUT2D eigenvalue weighted by molar-refractivity contribution is 0.0812. The Morgan fingerprint density at radius 3 is 2.25 bits per heavy atom. The normalized spacial score (nSPS) is 10.9. The van der Waals surface area contributed by atoms with Gasteiger partial charge >= 0.3 is 0 Å². The van der Waals surface area contributed by atoms with Crippen LogP contribution in [0.15, 0.2) is 12.1 Å². The molecule has 0 aliphatic heterocycles. The van der Waals surface area contributed by atoms with Gasteiger partial charge in [-0.2, -0.15) is 0 Å². The number of benzene rings is 1. The van der Waals surface area contributed by atoms with Crippen LogP contribution in [-0.2, 0) is 6.42 Å². The molecule has 0 fully saturated rings. The lowest BCUT2D eigenvalue weighted by Crippen LogP contribution is -2.09. The molecule has 0 spiro atoms. The van der Waals surface area contributed by atoms with Gasteiger partial charge in [-0.15, -0.1) is 0 Å². The van der Waals surface area contributed by atoms with Crippen LogP contribution in [0.25, 0.3) is 0 Å². The Morgan fingerprint density at radius 2 is 1.81 bits per heavy atom. The average Bonchev–Trinajstić information content (AvgIpc) is 2.16. The molecule has 3 heteroatoms. The van der Waals surface area contributed by atoms with E-state index in [1.54, 1.807) is 0 Å². The molecule has 0 N–H and O–H groups in total. The van der Waals surface area contributed by atoms with E-state index in [0.29, 0.717) is 5.75 Å². The SMILES string of the molecule is [CH2]CCc1cc(C)c(OCC(F)F)c(C)c1. The maximum atomic E-state index is 12.1. The van der Waals surface area contributed by atoms with Crippen LogP contribution in [0.4, 0.5) is 8.78 Å². The molecule has 0 unspecified atom stereocenters. The van der Waals surface area contributed by atoms with E-state index in [1.165, 1.54) is 5.56 Å². The minimum atomic E-state index is -2.43. The molecule has 0 aliphatic carbocycles. The predicted molar refractivity (Wildman–Crippen MR) is 61.1 cm³/mol. The lowest BCUT2D eigenvalue weighted by Gasteiger charge is -2.13. The monoisotopic (exact) mass is 227 g/mol. The van der Waals surface area contributed by atoms with E-state index in [9.17, 15) is 8.78 Å². The Kier molecular flexibility index (Phi) is 4.71. The summed E-state index contributed by atoms with van der Waals surface area (Å²) in [6.07, 6.45) is -0.703. The minimum absolute atomic E-state index is 0.545. The van der Waals surface area contributed by atoms with Crippen molar-refractivity contribution < 1.29 is 13.5 Å². The maximum absolute atomic E-state index is 12.1. The third-order valence-electron chi connectivity index (χ3n) is 2.34. The van der Waals surface area contributed by atoms with Crippen molar-refractivity contribution in [2.75, 3.05) is 6.61 Å². The molecule has 89 valence electrons. The van der Waals surface area contributed by atoms with E-state index in [2.05, 4.69) is 6.92 Å². The first-order valence-corrected chi connectivity index (χ1v) is 5.35. The highest BCUT2D eigenvalue weighted by molar-refractivity contribution is 5.43. The van der Waals surface area contributed by atoms with E-state index >= 15 is 0 Å². The summed E-state index contributed by atoms with van der Waals surface area (Å²) in [5, 5.41) is 0. The van der Waals surface area contributed by atoms with E-state index in [4.69, 9.17) is 4.74 Å². The summed E-state index contributed by atoms with van der Waals surface area (Å²) in [7, 11) is 0. The van der Waals surface area contributed by atoms with Crippen molar-refractivity contribution in [3.05, 3.63) is 35.7 Å². The number of hydrogen-bond acceptors (Lipinski definition) is 1. The number of halogens is 2. The molecule has 16 heavy (non-hydrogen) atoms. The third-order valence-corrected chi connectivity index (χ3v) is 2.34. The van der Waals surface area contributed by atoms with Gasteiger partial charge in [-0.25, -0.2) is 8.78 Å². The Morgan fingerprint density at radius 1 is 1.25 bits per heavy atom. The van der Waals surface area contributed by atoms with Gasteiger partial charge in [0.05, 0.1) is 0 Å². The fourth-order valence-electron chi connectivity index (χ4n) is 1.76. The molecule has 0 saturated heterocycles. The smallest absolute Gasteiger partial charge is 0.272 e. The van der Waals surface area contributed by atoms with Crippen molar-refractivity contribution >= 4 is 0 Å². The van der Waals surface area contributed by atoms with Crippen LogP contribution in [0.2, 0.25) is 0 Å². The van der Waals surface area contributed by atoms with Gasteiger partial charge in [-0.1, -0.05) is 19.1 Å². The predicted octanol–water partition coefficient (Wildman–Crippen LogP) is 3.71. The van der Waals surface area contributed by atoms with Crippen LogP contribution in [0.3, 0.4) is 0 Å². The Labute approximate surface area is 95.4 Å². The molecule has 0 aliphatic rings. The lowest BCUT2D eigenvalue weighted by atomic mass is 10.0. The summed E-state index contributed by atoms with van der Waals surface area (Å²) in [4.78, 5) is 0. The van der Waals surface area contributed by atoms with Crippen molar-refractivity contribution in [3.63, 3.8) is 0 Å². The number of ether oxygens (including phenoxy) is 1. The topological polar surface area (TPSA) is 9.23 Å². The first-order valence-electron chi connectivity index (χ1n) is 5.35. The van der Waals surface area contributed by atoms with Crippen LogP contribution >= 0.6 is 0 Å². The summed E-state index contributed by atoms with van der Waals surface area (Å²) < 4.78 is 29.2. The van der Waals surface area contributed by atoms with Crippen LogP contribution in [-0.4, -0.2) is 13.0 Å². The highest BCUT2D eigenvalue weighted by Crippen LogP contribution is 2.25. The number of hydrogen-bond donors (Lipinski definition) is 0. The standard InChI is InChI=1S/C13H17F2O/c1-4-5-11-6-9(2)13(10(3)7-11)16-8-12(14)15/h6-7,12H,1,4-5,8H2,2-3H3. The quantitative estimate of drug-likeness (QED) is 0.745. The molecule has 1 aromatic rings. The molecule has 0 atom stereocenters. The van der Waals surface area contributed by atoms with Gasteiger partial charge in [0.2, 0.25) is 0 Å². The molecule has 0 heterocycles. The largest absolute Gasteiger partial charge is 0.487 e. The molecule has 0 saturated carbocycles. The summed E-state index contributed by atoms with van der Waals surface area (Å²) in [6, 6.07) is 3.94. The van der Waals surface area contributed by atoms with Crippen molar-refractivity contribution in [3.8, 4) is 5.75 Å². The zero-order chi connectivity index (χ0) is 12.1. The van der Waals surface area contributed by atoms with Crippen molar-refractivity contribution in [1.82, 2.24) is 0 Å². The van der Waals surface area contributed by atoms with Crippen LogP contribution < -0.4 is 4.74 Å². The van der Waals surface area contributed by atoms with Crippen molar-refractivity contribution in [1.29, 1.82) is 0 Å². The van der Waals surface area contributed by atoms with Gasteiger partial charge in [0.15, 0.2) is 0 Å². The van der Waals surface area contributed by atoms with E-state index < -0.39 is 13.0 Å². The minimum Gasteiger partial charge on any atom is -0.487 e. The first-order chi connectivity index (χ1) is 7.54. The fourth-order valence-corrected chi connectivity index (χ4v) is 1.76. The van der Waals surface area contributed by atoms with E-state index in [1.807, 2.05) is 26.0 Å². The number of alkyl halides is 2. The van der Waals surface area contributed by atoms with Gasteiger partial charge in [-0.05, 0) is 43.4 Å². The van der Waals surface area contributed by atoms with Crippen molar-refractivity contribution in [2.24, 2.45) is 0 Å². The third kappa shape index (κ3) is 3.47. The average molecular weight is 227 g/mol. The van der Waals surface area contributed by atoms with Gasteiger partial charge in [0.25, 0.3) is 6.43 Å². The molecule has 0 amide bonds. The Balaban J connectivity index is 2.85. The highest BCUT2D eigenvalue weighted by atomic mass is 19.3. The molecule has 1 rings (SSSR count). The van der Waals surface area contributed by atoms with Gasteiger partial charge in [0, 0.05) is 0 Å². The highest BCUT2D eigenvalue weighted by Gasteiger charge is 2.09. The van der Waals surface area contributed by atoms with Gasteiger partial charge in [-0.3, -0.25) is 0 Å². The summed E-state index contributed by atoms with van der Waals surface area (Å²) in [5.41, 5.74) is 2.99. The fraction of sp³-hybridized carbons (Fsp3) is 0.462. The number of aryl methyl sites for hydroxylation is 3. The second-order valence-electron chi connectivity index (χ2n) is 3.86. The van der Waals surface area contributed by atoms with Crippen LogP contribution in [0.5, 0.6) is 5.75 Å². The van der Waals surface area contributed by atoms with Gasteiger partial charge < -0.3 is 4.74 Å². The Bertz CT molecular complexity index is 325. The first kappa shape index (κ1) is 12.9. The number of rotatable bonds is 5. The summed E-state index contributed by atoms with van der Waals surface area (Å²) >= 11 is 0. The second kappa shape index (κ2) is 5.83. The summed E-state index contributed by atoms with van der Waals surface area (Å²) in [5.74, 6) is 0.577. The van der Waals surface area contributed by atoms with E-state index in [0.717, 1.165) is 24.0 Å².